The van der Waals surface area contributed by atoms with Gasteiger partial charge >= 0.3 is 0 Å². The smallest absolute Gasteiger partial charge is 0.251 e. The normalized spacial score (nSPS) is 10.9. The molecule has 2 rings (SSSR count). The molecule has 2 aromatic carbocycles. The minimum Gasteiger partial charge on any atom is -0.497 e. The van der Waals surface area contributed by atoms with Gasteiger partial charge in [0.2, 0.25) is 10.0 Å². The van der Waals surface area contributed by atoms with Crippen molar-refractivity contribution in [3.8, 4) is 5.75 Å². The third-order valence-electron chi connectivity index (χ3n) is 3.04. The Morgan fingerprint density at radius 3 is 2.43 bits per heavy atom. The maximum Gasteiger partial charge on any atom is 0.251 e. The van der Waals surface area contributed by atoms with Gasteiger partial charge in [0.25, 0.3) is 5.91 Å². The van der Waals surface area contributed by atoms with Crippen LogP contribution in [-0.4, -0.2) is 27.7 Å². The van der Waals surface area contributed by atoms with Crippen LogP contribution in [0.4, 0.5) is 5.69 Å². The summed E-state index contributed by atoms with van der Waals surface area (Å²) >= 11 is 0. The van der Waals surface area contributed by atoms with E-state index in [-0.39, 0.29) is 5.91 Å². The number of hydrogen-bond acceptors (Lipinski definition) is 4. The fourth-order valence-electron chi connectivity index (χ4n) is 1.97. The van der Waals surface area contributed by atoms with Crippen LogP contribution >= 0.6 is 0 Å². The molecule has 0 atom stereocenters. The van der Waals surface area contributed by atoms with Crippen LogP contribution in [0.15, 0.2) is 48.5 Å². The summed E-state index contributed by atoms with van der Waals surface area (Å²) in [5.41, 5.74) is 1.67. The van der Waals surface area contributed by atoms with Crippen molar-refractivity contribution in [2.24, 2.45) is 0 Å². The molecule has 0 aliphatic heterocycles. The van der Waals surface area contributed by atoms with Crippen molar-refractivity contribution in [1.82, 2.24) is 5.32 Å². The van der Waals surface area contributed by atoms with Gasteiger partial charge in [-0.1, -0.05) is 18.2 Å². The van der Waals surface area contributed by atoms with Crippen molar-refractivity contribution in [3.05, 3.63) is 59.7 Å². The van der Waals surface area contributed by atoms with Crippen molar-refractivity contribution >= 4 is 21.6 Å². The van der Waals surface area contributed by atoms with Crippen LogP contribution in [0.3, 0.4) is 0 Å². The zero-order valence-electron chi connectivity index (χ0n) is 12.9. The van der Waals surface area contributed by atoms with Gasteiger partial charge in [-0.2, -0.15) is 0 Å². The molecule has 0 spiro atoms. The summed E-state index contributed by atoms with van der Waals surface area (Å²) in [6.45, 7) is 0.368. The molecule has 2 N–H and O–H groups in total. The second-order valence-electron chi connectivity index (χ2n) is 4.99. The topological polar surface area (TPSA) is 84.5 Å². The van der Waals surface area contributed by atoms with E-state index in [1.165, 1.54) is 6.07 Å². The van der Waals surface area contributed by atoms with Crippen molar-refractivity contribution in [2.45, 2.75) is 6.54 Å². The number of ether oxygens (including phenoxy) is 1. The third kappa shape index (κ3) is 5.30. The Hall–Kier alpha value is -2.54. The number of amides is 1. The Bertz CT molecular complexity index is 786. The van der Waals surface area contributed by atoms with Gasteiger partial charge in [0.05, 0.1) is 13.4 Å². The fraction of sp³-hybridized carbons (Fsp3) is 0.188. The van der Waals surface area contributed by atoms with E-state index in [0.29, 0.717) is 17.8 Å². The van der Waals surface area contributed by atoms with Gasteiger partial charge in [-0.15, -0.1) is 0 Å². The summed E-state index contributed by atoms with van der Waals surface area (Å²) in [7, 11) is -1.78. The van der Waals surface area contributed by atoms with Crippen LogP contribution in [-0.2, 0) is 16.6 Å². The maximum atomic E-state index is 12.1. The second-order valence-corrected chi connectivity index (χ2v) is 6.73. The number of anilines is 1. The maximum absolute atomic E-state index is 12.1. The van der Waals surface area contributed by atoms with Crippen LogP contribution in [0.2, 0.25) is 0 Å². The highest BCUT2D eigenvalue weighted by Gasteiger charge is 2.08. The molecule has 1 amide bonds. The molecule has 122 valence electrons. The van der Waals surface area contributed by atoms with Gasteiger partial charge in [-0.05, 0) is 35.9 Å². The lowest BCUT2D eigenvalue weighted by Gasteiger charge is -2.08. The number of carbonyl (C=O) groups is 1. The first-order valence-corrected chi connectivity index (χ1v) is 8.75. The third-order valence-corrected chi connectivity index (χ3v) is 3.65. The molecule has 0 radical (unpaired) electrons. The van der Waals surface area contributed by atoms with Gasteiger partial charge in [0.1, 0.15) is 5.75 Å². The van der Waals surface area contributed by atoms with Gasteiger partial charge in [-0.3, -0.25) is 9.52 Å². The molecule has 7 heteroatoms. The van der Waals surface area contributed by atoms with Crippen LogP contribution in [0.1, 0.15) is 15.9 Å². The summed E-state index contributed by atoms with van der Waals surface area (Å²) in [6, 6.07) is 13.7. The van der Waals surface area contributed by atoms with Crippen LogP contribution in [0, 0.1) is 0 Å². The van der Waals surface area contributed by atoms with E-state index in [1.807, 2.05) is 24.3 Å². The average Bonchev–Trinajstić information content (AvgIpc) is 2.51. The van der Waals surface area contributed by atoms with E-state index in [1.54, 1.807) is 25.3 Å². The largest absolute Gasteiger partial charge is 0.497 e. The summed E-state index contributed by atoms with van der Waals surface area (Å²) < 4.78 is 29.9. The molecule has 0 aliphatic rings. The van der Waals surface area contributed by atoms with Gasteiger partial charge < -0.3 is 10.1 Å². The highest BCUT2D eigenvalue weighted by molar-refractivity contribution is 7.92. The molecular weight excluding hydrogens is 316 g/mol. The molecule has 2 aromatic rings. The first-order valence-electron chi connectivity index (χ1n) is 6.86. The molecule has 6 nitrogen and oxygen atoms in total. The van der Waals surface area contributed by atoms with Crippen molar-refractivity contribution in [2.75, 3.05) is 18.1 Å². The van der Waals surface area contributed by atoms with E-state index < -0.39 is 10.0 Å². The summed E-state index contributed by atoms with van der Waals surface area (Å²) in [4.78, 5) is 12.1. The summed E-state index contributed by atoms with van der Waals surface area (Å²) in [5.74, 6) is 0.470. The molecule has 23 heavy (non-hydrogen) atoms. The monoisotopic (exact) mass is 334 g/mol. The number of rotatable bonds is 6. The van der Waals surface area contributed by atoms with E-state index in [0.717, 1.165) is 17.6 Å². The quantitative estimate of drug-likeness (QED) is 0.846. The highest BCUT2D eigenvalue weighted by atomic mass is 32.2. The Kier molecular flexibility index (Phi) is 5.23. The number of carbonyl (C=O) groups excluding carboxylic acids is 1. The summed E-state index contributed by atoms with van der Waals surface area (Å²) in [6.07, 6.45) is 1.06. The van der Waals surface area contributed by atoms with Crippen molar-refractivity contribution in [3.63, 3.8) is 0 Å². The first-order chi connectivity index (χ1) is 10.9. The number of benzene rings is 2. The van der Waals surface area contributed by atoms with Crippen LogP contribution in [0.5, 0.6) is 5.75 Å². The minimum atomic E-state index is -3.38. The Morgan fingerprint density at radius 2 is 1.83 bits per heavy atom. The predicted molar refractivity (Wildman–Crippen MR) is 89.1 cm³/mol. The molecule has 0 saturated carbocycles. The first kappa shape index (κ1) is 16.8. The van der Waals surface area contributed by atoms with E-state index >= 15 is 0 Å². The van der Waals surface area contributed by atoms with Gasteiger partial charge in [-0.25, -0.2) is 8.42 Å². The van der Waals surface area contributed by atoms with Gasteiger partial charge in [0.15, 0.2) is 0 Å². The predicted octanol–water partition coefficient (Wildman–Crippen LogP) is 2.00. The summed E-state index contributed by atoms with van der Waals surface area (Å²) in [5, 5.41) is 2.79. The van der Waals surface area contributed by atoms with E-state index in [4.69, 9.17) is 4.74 Å². The van der Waals surface area contributed by atoms with Crippen molar-refractivity contribution < 1.29 is 17.9 Å². The van der Waals surface area contributed by atoms with Crippen molar-refractivity contribution in [1.29, 1.82) is 0 Å². The molecule has 0 heterocycles. The number of sulfonamides is 1. The Morgan fingerprint density at radius 1 is 1.13 bits per heavy atom. The Balaban J connectivity index is 2.01. The zero-order valence-corrected chi connectivity index (χ0v) is 13.7. The fourth-order valence-corrected chi connectivity index (χ4v) is 2.52. The Labute approximate surface area is 135 Å². The zero-order chi connectivity index (χ0) is 16.9. The SMILES string of the molecule is COc1ccc(CNC(=O)c2cccc(NS(C)(=O)=O)c2)cc1. The second kappa shape index (κ2) is 7.15. The van der Waals surface area contributed by atoms with E-state index in [2.05, 4.69) is 10.0 Å². The van der Waals surface area contributed by atoms with Crippen LogP contribution < -0.4 is 14.8 Å². The van der Waals surface area contributed by atoms with Crippen LogP contribution in [0.25, 0.3) is 0 Å². The molecular formula is C16H18N2O4S. The highest BCUT2D eigenvalue weighted by Crippen LogP contribution is 2.13. The number of methoxy groups -OCH3 is 1. The lowest BCUT2D eigenvalue weighted by Crippen LogP contribution is -2.23. The molecule has 0 unspecified atom stereocenters. The van der Waals surface area contributed by atoms with E-state index in [9.17, 15) is 13.2 Å². The molecule has 0 aromatic heterocycles. The van der Waals surface area contributed by atoms with Gasteiger partial charge in [0, 0.05) is 17.8 Å². The standard InChI is InChI=1S/C16H18N2O4S/c1-22-15-8-6-12(7-9-15)11-17-16(19)13-4-3-5-14(10-13)18-23(2,20)21/h3-10,18H,11H2,1-2H3,(H,17,19). The minimum absolute atomic E-state index is 0.280. The lowest BCUT2D eigenvalue weighted by atomic mass is 10.1. The molecule has 0 aliphatic carbocycles. The number of hydrogen-bond donors (Lipinski definition) is 2. The average molecular weight is 334 g/mol. The lowest BCUT2D eigenvalue weighted by molar-refractivity contribution is 0.0951. The number of nitrogens with one attached hydrogen (secondary N) is 2. The molecule has 0 saturated heterocycles. The molecule has 0 bridgehead atoms. The molecule has 0 fully saturated rings.